The summed E-state index contributed by atoms with van der Waals surface area (Å²) in [6.45, 7) is 2.09. The van der Waals surface area contributed by atoms with E-state index in [0.29, 0.717) is 22.8 Å². The van der Waals surface area contributed by atoms with Gasteiger partial charge in [-0.1, -0.05) is 48.0 Å². The first-order valence-electron chi connectivity index (χ1n) is 9.22. The predicted molar refractivity (Wildman–Crippen MR) is 118 cm³/mol. The fraction of sp³-hybridized carbons (Fsp3) is 0.190. The maximum Gasteiger partial charge on any atom is 0.232 e. The van der Waals surface area contributed by atoms with Crippen molar-refractivity contribution in [3.63, 3.8) is 0 Å². The van der Waals surface area contributed by atoms with E-state index in [1.165, 1.54) is 23.3 Å². The van der Waals surface area contributed by atoms with Gasteiger partial charge in [-0.3, -0.25) is 0 Å². The number of aromatic nitrogens is 2. The van der Waals surface area contributed by atoms with Crippen LogP contribution in [0.3, 0.4) is 0 Å². The highest BCUT2D eigenvalue weighted by Crippen LogP contribution is 2.25. The maximum atomic E-state index is 13.0. The van der Waals surface area contributed by atoms with E-state index in [1.54, 1.807) is 18.2 Å². The lowest BCUT2D eigenvalue weighted by Crippen LogP contribution is -2.32. The highest BCUT2D eigenvalue weighted by atomic mass is 35.5. The van der Waals surface area contributed by atoms with Gasteiger partial charge in [0, 0.05) is 25.7 Å². The normalized spacial score (nSPS) is 13.0. The van der Waals surface area contributed by atoms with Gasteiger partial charge in [-0.25, -0.2) is 9.37 Å². The highest BCUT2D eigenvalue weighted by molar-refractivity contribution is 7.80. The van der Waals surface area contributed by atoms with Crippen LogP contribution in [0.4, 0.5) is 16.2 Å². The topological polar surface area (TPSA) is 53.1 Å². The molecule has 4 rings (SSSR count). The van der Waals surface area contributed by atoms with Gasteiger partial charge in [0.1, 0.15) is 16.8 Å². The molecule has 3 aromatic rings. The second-order valence-corrected chi connectivity index (χ2v) is 7.54. The summed E-state index contributed by atoms with van der Waals surface area (Å²) in [5, 5.41) is 6.75. The van der Waals surface area contributed by atoms with Crippen LogP contribution in [0.1, 0.15) is 16.7 Å². The molecule has 0 aliphatic carbocycles. The Labute approximate surface area is 178 Å². The third-order valence-electron chi connectivity index (χ3n) is 4.73. The number of anilines is 2. The molecule has 0 saturated heterocycles. The number of nitrogens with one attached hydrogen (secondary N) is 2. The van der Waals surface area contributed by atoms with E-state index < -0.39 is 0 Å². The number of hydrogen-bond donors (Lipinski definition) is 2. The molecular formula is C21H19ClFN5S. The van der Waals surface area contributed by atoms with Gasteiger partial charge < -0.3 is 15.5 Å². The summed E-state index contributed by atoms with van der Waals surface area (Å²) in [7, 11) is 0. The summed E-state index contributed by atoms with van der Waals surface area (Å²) in [5.41, 5.74) is 3.57. The van der Waals surface area contributed by atoms with Crippen LogP contribution in [0.15, 0.2) is 54.6 Å². The first kappa shape index (κ1) is 19.5. The van der Waals surface area contributed by atoms with Gasteiger partial charge in [-0.05, 0) is 47.5 Å². The molecule has 2 aromatic carbocycles. The number of halogens is 2. The van der Waals surface area contributed by atoms with E-state index >= 15 is 0 Å². The van der Waals surface area contributed by atoms with Crippen LogP contribution in [-0.4, -0.2) is 21.6 Å². The van der Waals surface area contributed by atoms with Crippen LogP contribution in [0.25, 0.3) is 0 Å². The second kappa shape index (κ2) is 8.71. The summed E-state index contributed by atoms with van der Waals surface area (Å²) in [5.74, 6) is 0.820. The van der Waals surface area contributed by atoms with E-state index in [0.717, 1.165) is 30.9 Å². The molecule has 0 atom stereocenters. The van der Waals surface area contributed by atoms with Gasteiger partial charge in [-0.2, -0.15) is 4.98 Å². The number of rotatable bonds is 4. The molecule has 5 nitrogen and oxygen atoms in total. The molecule has 1 aromatic heterocycles. The zero-order chi connectivity index (χ0) is 20.2. The number of nitrogens with zero attached hydrogens (tertiary/aromatic N) is 3. The molecule has 0 amide bonds. The average molecular weight is 428 g/mol. The van der Waals surface area contributed by atoms with Gasteiger partial charge >= 0.3 is 0 Å². The Bertz CT molecular complexity index is 1030. The molecular weight excluding hydrogens is 409 g/mol. The Morgan fingerprint density at radius 3 is 2.66 bits per heavy atom. The molecule has 0 radical (unpaired) electrons. The van der Waals surface area contributed by atoms with Crippen LogP contribution in [0.2, 0.25) is 5.15 Å². The van der Waals surface area contributed by atoms with E-state index in [9.17, 15) is 4.39 Å². The van der Waals surface area contributed by atoms with Crippen molar-refractivity contribution in [2.24, 2.45) is 0 Å². The molecule has 0 unspecified atom stereocenters. The third-order valence-corrected chi connectivity index (χ3v) is 5.17. The fourth-order valence-electron chi connectivity index (χ4n) is 3.25. The highest BCUT2D eigenvalue weighted by Gasteiger charge is 2.18. The quantitative estimate of drug-likeness (QED) is 0.477. The van der Waals surface area contributed by atoms with Gasteiger partial charge in [0.05, 0.1) is 0 Å². The maximum absolute atomic E-state index is 13.0. The minimum atomic E-state index is -0.269. The lowest BCUT2D eigenvalue weighted by Gasteiger charge is -2.30. The minimum Gasteiger partial charge on any atom is -0.358 e. The zero-order valence-electron chi connectivity index (χ0n) is 15.5. The van der Waals surface area contributed by atoms with Crippen molar-refractivity contribution >= 4 is 40.7 Å². The van der Waals surface area contributed by atoms with Crippen molar-refractivity contribution in [1.82, 2.24) is 15.3 Å². The lowest BCUT2D eigenvalue weighted by molar-refractivity contribution is 0.627. The van der Waals surface area contributed by atoms with Gasteiger partial charge in [-0.15, -0.1) is 0 Å². The predicted octanol–water partition coefficient (Wildman–Crippen LogP) is 4.32. The molecule has 0 spiro atoms. The van der Waals surface area contributed by atoms with Crippen molar-refractivity contribution in [3.8, 4) is 0 Å². The number of benzene rings is 2. The summed E-state index contributed by atoms with van der Waals surface area (Å²) in [4.78, 5) is 11.0. The van der Waals surface area contributed by atoms with Crippen LogP contribution in [0, 0.1) is 5.82 Å². The summed E-state index contributed by atoms with van der Waals surface area (Å²) in [6.07, 6.45) is 0.957. The average Bonchev–Trinajstić information content (AvgIpc) is 2.72. The smallest absolute Gasteiger partial charge is 0.232 e. The summed E-state index contributed by atoms with van der Waals surface area (Å²) >= 11 is 11.5. The van der Waals surface area contributed by atoms with Gasteiger partial charge in [0.2, 0.25) is 5.95 Å². The standard InChI is InChI=1S/C21H19ClFN5S/c22-18-11-19(28-10-9-15-3-1-2-4-16(15)13-28)26-20(25-18)27-21(29)24-12-14-5-7-17(23)8-6-14/h1-8,11H,9-10,12-13H2,(H2,24,25,26,27,29). The van der Waals surface area contributed by atoms with Crippen LogP contribution in [0.5, 0.6) is 0 Å². The minimum absolute atomic E-state index is 0.269. The van der Waals surface area contributed by atoms with E-state index in [-0.39, 0.29) is 5.82 Å². The monoisotopic (exact) mass is 427 g/mol. The molecule has 0 saturated carbocycles. The van der Waals surface area contributed by atoms with E-state index in [1.807, 2.05) is 6.07 Å². The van der Waals surface area contributed by atoms with E-state index in [2.05, 4.69) is 43.7 Å². The first-order valence-corrected chi connectivity index (χ1v) is 10.0. The number of fused-ring (bicyclic) bond motifs is 1. The molecule has 2 heterocycles. The summed E-state index contributed by atoms with van der Waals surface area (Å²) < 4.78 is 13.0. The second-order valence-electron chi connectivity index (χ2n) is 6.75. The van der Waals surface area contributed by atoms with Crippen molar-refractivity contribution in [2.75, 3.05) is 16.8 Å². The summed E-state index contributed by atoms with van der Waals surface area (Å²) in [6, 6.07) is 16.4. The first-order chi connectivity index (χ1) is 14.1. The largest absolute Gasteiger partial charge is 0.358 e. The molecule has 29 heavy (non-hydrogen) atoms. The lowest BCUT2D eigenvalue weighted by atomic mass is 10.00. The molecule has 8 heteroatoms. The SMILES string of the molecule is Fc1ccc(CNC(=S)Nc2nc(Cl)cc(N3CCc4ccccc4C3)n2)cc1. The van der Waals surface area contributed by atoms with Crippen molar-refractivity contribution in [2.45, 2.75) is 19.5 Å². The van der Waals surface area contributed by atoms with Crippen LogP contribution < -0.4 is 15.5 Å². The number of hydrogen-bond acceptors (Lipinski definition) is 4. The molecule has 0 fully saturated rings. The number of thiocarbonyl (C=S) groups is 1. The van der Waals surface area contributed by atoms with E-state index in [4.69, 9.17) is 23.8 Å². The fourth-order valence-corrected chi connectivity index (χ4v) is 3.59. The Hall–Kier alpha value is -2.77. The zero-order valence-corrected chi connectivity index (χ0v) is 17.1. The molecule has 0 bridgehead atoms. The Morgan fingerprint density at radius 1 is 1.10 bits per heavy atom. The van der Waals surface area contributed by atoms with Crippen molar-refractivity contribution in [3.05, 3.63) is 82.3 Å². The van der Waals surface area contributed by atoms with Crippen LogP contribution in [-0.2, 0) is 19.5 Å². The van der Waals surface area contributed by atoms with Gasteiger partial charge in [0.15, 0.2) is 5.11 Å². The molecule has 1 aliphatic heterocycles. The van der Waals surface area contributed by atoms with Crippen molar-refractivity contribution in [1.29, 1.82) is 0 Å². The Morgan fingerprint density at radius 2 is 1.86 bits per heavy atom. The van der Waals surface area contributed by atoms with Gasteiger partial charge in [0.25, 0.3) is 0 Å². The molecule has 148 valence electrons. The Kier molecular flexibility index (Phi) is 5.87. The van der Waals surface area contributed by atoms with Crippen molar-refractivity contribution < 1.29 is 4.39 Å². The third kappa shape index (κ3) is 4.99. The van der Waals surface area contributed by atoms with Crippen LogP contribution >= 0.6 is 23.8 Å². The molecule has 2 N–H and O–H groups in total. The Balaban J connectivity index is 1.42. The molecule has 1 aliphatic rings.